The van der Waals surface area contributed by atoms with Crippen LogP contribution < -0.4 is 0 Å². The molecular formula is C58H37N3S. The Labute approximate surface area is 364 Å². The minimum atomic E-state index is -0.540. The number of hydrogen-bond acceptors (Lipinski definition) is 4. The van der Waals surface area contributed by atoms with Crippen molar-refractivity contribution in [1.82, 2.24) is 15.0 Å². The van der Waals surface area contributed by atoms with Gasteiger partial charge in [0.25, 0.3) is 0 Å². The topological polar surface area (TPSA) is 38.7 Å². The second kappa shape index (κ2) is 14.7. The summed E-state index contributed by atoms with van der Waals surface area (Å²) in [5.41, 5.74) is 14.1. The van der Waals surface area contributed by atoms with Gasteiger partial charge in [0.05, 0.1) is 5.41 Å². The molecule has 11 aromatic rings. The number of hydrogen-bond donors (Lipinski definition) is 0. The Kier molecular flexibility index (Phi) is 8.58. The summed E-state index contributed by atoms with van der Waals surface area (Å²) in [7, 11) is 0. The summed E-state index contributed by atoms with van der Waals surface area (Å²) in [6.45, 7) is 0. The summed E-state index contributed by atoms with van der Waals surface area (Å²) in [5, 5.41) is 2.61. The van der Waals surface area contributed by atoms with Crippen LogP contribution >= 0.6 is 11.3 Å². The molecule has 2 heterocycles. The summed E-state index contributed by atoms with van der Waals surface area (Å²) >= 11 is 1.84. The van der Waals surface area contributed by atoms with Crippen LogP contribution in [0.3, 0.4) is 0 Å². The average molecular weight is 808 g/mol. The van der Waals surface area contributed by atoms with Crippen molar-refractivity contribution in [2.75, 3.05) is 0 Å². The zero-order valence-corrected chi connectivity index (χ0v) is 34.4. The number of benzene rings is 9. The highest BCUT2D eigenvalue weighted by Crippen LogP contribution is 2.58. The highest BCUT2D eigenvalue weighted by atomic mass is 32.1. The molecule has 62 heavy (non-hydrogen) atoms. The van der Waals surface area contributed by atoms with Gasteiger partial charge in [0.15, 0.2) is 17.5 Å². The van der Waals surface area contributed by atoms with E-state index in [0.29, 0.717) is 17.5 Å². The van der Waals surface area contributed by atoms with E-state index in [1.807, 2.05) is 17.4 Å². The molecule has 0 unspecified atom stereocenters. The second-order valence-electron chi connectivity index (χ2n) is 15.9. The molecule has 0 spiro atoms. The van der Waals surface area contributed by atoms with Crippen LogP contribution in [0.4, 0.5) is 0 Å². The van der Waals surface area contributed by atoms with E-state index in [1.54, 1.807) is 0 Å². The first-order valence-electron chi connectivity index (χ1n) is 21.0. The maximum Gasteiger partial charge on any atom is 0.164 e. The van der Waals surface area contributed by atoms with Crippen molar-refractivity contribution < 1.29 is 0 Å². The Morgan fingerprint density at radius 1 is 0.306 bits per heavy atom. The molecule has 2 aromatic heterocycles. The molecule has 0 radical (unpaired) electrons. The third-order valence-corrected chi connectivity index (χ3v) is 13.6. The van der Waals surface area contributed by atoms with E-state index in [0.717, 1.165) is 38.9 Å². The van der Waals surface area contributed by atoms with Gasteiger partial charge in [0.1, 0.15) is 0 Å². The van der Waals surface area contributed by atoms with Gasteiger partial charge in [-0.05, 0) is 73.8 Å². The fourth-order valence-corrected chi connectivity index (χ4v) is 10.8. The first-order chi connectivity index (χ1) is 30.7. The minimum absolute atomic E-state index is 0.540. The van der Waals surface area contributed by atoms with Gasteiger partial charge in [0.2, 0.25) is 0 Å². The molecule has 0 atom stereocenters. The van der Waals surface area contributed by atoms with E-state index in [2.05, 4.69) is 218 Å². The summed E-state index contributed by atoms with van der Waals surface area (Å²) < 4.78 is 2.60. The van der Waals surface area contributed by atoms with Gasteiger partial charge >= 0.3 is 0 Å². The second-order valence-corrected chi connectivity index (χ2v) is 17.0. The number of aromatic nitrogens is 3. The fourth-order valence-electron chi connectivity index (χ4n) is 9.62. The predicted molar refractivity (Wildman–Crippen MR) is 257 cm³/mol. The van der Waals surface area contributed by atoms with E-state index in [9.17, 15) is 0 Å². The molecule has 290 valence electrons. The lowest BCUT2D eigenvalue weighted by molar-refractivity contribution is 0.768. The Morgan fingerprint density at radius 3 is 1.58 bits per heavy atom. The van der Waals surface area contributed by atoms with E-state index in [4.69, 9.17) is 15.0 Å². The van der Waals surface area contributed by atoms with Crippen molar-refractivity contribution in [2.24, 2.45) is 0 Å². The quantitative estimate of drug-likeness (QED) is 0.161. The summed E-state index contributed by atoms with van der Waals surface area (Å²) in [5.74, 6) is 1.89. The average Bonchev–Trinajstić information content (AvgIpc) is 3.88. The van der Waals surface area contributed by atoms with Crippen molar-refractivity contribution in [3.8, 4) is 67.5 Å². The molecule has 3 nitrogen and oxygen atoms in total. The Bertz CT molecular complexity index is 3410. The zero-order valence-electron chi connectivity index (χ0n) is 33.6. The largest absolute Gasteiger partial charge is 0.208 e. The van der Waals surface area contributed by atoms with E-state index in [1.165, 1.54) is 53.6 Å². The third kappa shape index (κ3) is 5.83. The minimum Gasteiger partial charge on any atom is -0.208 e. The van der Waals surface area contributed by atoms with Crippen molar-refractivity contribution in [3.05, 3.63) is 247 Å². The molecule has 1 aliphatic rings. The van der Waals surface area contributed by atoms with Gasteiger partial charge in [-0.15, -0.1) is 11.3 Å². The van der Waals surface area contributed by atoms with Gasteiger partial charge in [-0.3, -0.25) is 0 Å². The van der Waals surface area contributed by atoms with Gasteiger partial charge in [-0.25, -0.2) is 15.0 Å². The van der Waals surface area contributed by atoms with Gasteiger partial charge < -0.3 is 0 Å². The number of rotatable bonds is 7. The number of nitrogens with zero attached hydrogens (tertiary/aromatic N) is 3. The Hall–Kier alpha value is -7.79. The lowest BCUT2D eigenvalue weighted by atomic mass is 9.67. The van der Waals surface area contributed by atoms with Crippen molar-refractivity contribution in [1.29, 1.82) is 0 Å². The first-order valence-corrected chi connectivity index (χ1v) is 21.8. The van der Waals surface area contributed by atoms with Crippen LogP contribution in [0.2, 0.25) is 0 Å². The maximum atomic E-state index is 5.37. The van der Waals surface area contributed by atoms with Crippen LogP contribution in [-0.4, -0.2) is 15.0 Å². The van der Waals surface area contributed by atoms with Crippen molar-refractivity contribution >= 4 is 31.5 Å². The normalized spacial score (nSPS) is 12.6. The highest BCUT2D eigenvalue weighted by molar-refractivity contribution is 7.25. The summed E-state index contributed by atoms with van der Waals surface area (Å²) in [4.78, 5) is 16.0. The van der Waals surface area contributed by atoms with Gasteiger partial charge in [-0.1, -0.05) is 206 Å². The van der Waals surface area contributed by atoms with E-state index in [-0.39, 0.29) is 0 Å². The summed E-state index contributed by atoms with van der Waals surface area (Å²) in [6, 6.07) is 80.4. The van der Waals surface area contributed by atoms with Gasteiger partial charge in [-0.2, -0.15) is 0 Å². The molecule has 0 saturated carbocycles. The molecule has 9 aromatic carbocycles. The SMILES string of the molecule is c1ccc(-c2cccc(-c3nc(-c4ccc(-c5ccc6c(c5)sc5ccccc56)cc4)nc(-c4cccc5c4-c4ccccc4C5(c4ccccc4)c4ccccc4)n3)c2)cc1. The smallest absolute Gasteiger partial charge is 0.164 e. The Morgan fingerprint density at radius 2 is 0.806 bits per heavy atom. The molecule has 0 saturated heterocycles. The fraction of sp³-hybridized carbons (Fsp3) is 0.0172. The van der Waals surface area contributed by atoms with Crippen LogP contribution in [0, 0.1) is 0 Å². The van der Waals surface area contributed by atoms with E-state index >= 15 is 0 Å². The molecule has 1 aliphatic carbocycles. The molecule has 12 rings (SSSR count). The van der Waals surface area contributed by atoms with E-state index < -0.39 is 5.41 Å². The lowest BCUT2D eigenvalue weighted by Crippen LogP contribution is -2.28. The summed E-state index contributed by atoms with van der Waals surface area (Å²) in [6.07, 6.45) is 0. The standard InChI is InChI=1S/C58H37N3S/c1-4-16-38(17-5-1)41-18-14-19-43(36-41)56-59-55(40-32-30-39(31-33-40)42-34-35-47-46-24-11-13-29-52(46)62-53(47)37-42)60-57(61-56)49-26-15-28-51-54(49)48-25-10-12-27-50(48)58(51,44-20-6-2-7-21-44)45-22-8-3-9-23-45/h1-37H. The molecule has 0 aliphatic heterocycles. The first kappa shape index (κ1) is 36.1. The lowest BCUT2D eigenvalue weighted by Gasteiger charge is -2.33. The van der Waals surface area contributed by atoms with Gasteiger partial charge in [0, 0.05) is 36.9 Å². The molecule has 4 heteroatoms. The number of fused-ring (bicyclic) bond motifs is 6. The maximum absolute atomic E-state index is 5.37. The van der Waals surface area contributed by atoms with Crippen LogP contribution in [0.5, 0.6) is 0 Å². The molecular weight excluding hydrogens is 771 g/mol. The molecule has 0 N–H and O–H groups in total. The molecule has 0 bridgehead atoms. The third-order valence-electron chi connectivity index (χ3n) is 12.4. The van der Waals surface area contributed by atoms with Crippen LogP contribution in [0.1, 0.15) is 22.3 Å². The zero-order chi connectivity index (χ0) is 41.0. The Balaban J connectivity index is 1.04. The number of thiophene rings is 1. The van der Waals surface area contributed by atoms with Crippen LogP contribution in [0.15, 0.2) is 224 Å². The molecule has 0 amide bonds. The van der Waals surface area contributed by atoms with Crippen molar-refractivity contribution in [2.45, 2.75) is 5.41 Å². The van der Waals surface area contributed by atoms with Crippen LogP contribution in [-0.2, 0) is 5.41 Å². The van der Waals surface area contributed by atoms with Crippen LogP contribution in [0.25, 0.3) is 87.7 Å². The highest BCUT2D eigenvalue weighted by Gasteiger charge is 2.47. The predicted octanol–water partition coefficient (Wildman–Crippen LogP) is 14.9. The van der Waals surface area contributed by atoms with Crippen molar-refractivity contribution in [3.63, 3.8) is 0 Å². The molecule has 0 fully saturated rings. The monoisotopic (exact) mass is 807 g/mol.